The maximum atomic E-state index is 10.1. The Kier molecular flexibility index (Phi) is 3.10. The first kappa shape index (κ1) is 9.18. The first-order valence-electron chi connectivity index (χ1n) is 2.27. The van der Waals surface area contributed by atoms with Crippen molar-refractivity contribution < 1.29 is 30.0 Å². The Balaban J connectivity index is 4.10. The highest BCUT2D eigenvalue weighted by molar-refractivity contribution is 6.39. The van der Waals surface area contributed by atoms with Gasteiger partial charge in [0, 0.05) is 0 Å². The van der Waals surface area contributed by atoms with Gasteiger partial charge in [-0.2, -0.15) is 0 Å². The number of ketones is 2. The molecule has 0 fully saturated rings. The zero-order valence-electron chi connectivity index (χ0n) is 4.76. The first-order chi connectivity index (χ1) is 4.46. The van der Waals surface area contributed by atoms with Gasteiger partial charge in [-0.25, -0.2) is 0 Å². The van der Waals surface area contributed by atoms with Gasteiger partial charge in [-0.1, -0.05) is 0 Å². The van der Waals surface area contributed by atoms with E-state index in [4.69, 9.17) is 20.4 Å². The summed E-state index contributed by atoms with van der Waals surface area (Å²) >= 11 is 0. The summed E-state index contributed by atoms with van der Waals surface area (Å²) in [6, 6.07) is 0. The van der Waals surface area contributed by atoms with Gasteiger partial charge in [0.15, 0.2) is 0 Å². The van der Waals surface area contributed by atoms with Crippen LogP contribution in [0, 0.1) is 0 Å². The predicted octanol–water partition coefficient (Wildman–Crippen LogP) is -3.25. The molecule has 6 nitrogen and oxygen atoms in total. The van der Waals surface area contributed by atoms with Gasteiger partial charge in [-0.05, 0) is 0 Å². The summed E-state index contributed by atoms with van der Waals surface area (Å²) in [7, 11) is 0. The van der Waals surface area contributed by atoms with E-state index >= 15 is 0 Å². The fraction of sp³-hybridized carbons (Fsp3) is 0.500. The highest BCUT2D eigenvalue weighted by Gasteiger charge is 2.25. The smallest absolute Gasteiger partial charge is 0.259 e. The van der Waals surface area contributed by atoms with E-state index in [0.717, 1.165) is 0 Å². The number of Topliss-reactive ketones (excluding diaryl/α,β-unsaturated/α-hetero) is 2. The Labute approximate surface area is 55.3 Å². The zero-order chi connectivity index (χ0) is 8.31. The summed E-state index contributed by atoms with van der Waals surface area (Å²) in [4.78, 5) is 20.2. The molecule has 58 valence electrons. The molecule has 0 saturated heterocycles. The number of hydrogen-bond acceptors (Lipinski definition) is 6. The molecule has 0 unspecified atom stereocenters. The van der Waals surface area contributed by atoms with Crippen molar-refractivity contribution in [2.45, 2.75) is 12.6 Å². The lowest BCUT2D eigenvalue weighted by Gasteiger charge is -2.01. The SMILES string of the molecule is O=C(C(=O)C(O)O)C(O)O. The largest absolute Gasteiger partial charge is 0.362 e. The van der Waals surface area contributed by atoms with Crippen molar-refractivity contribution in [3.63, 3.8) is 0 Å². The van der Waals surface area contributed by atoms with E-state index in [1.807, 2.05) is 0 Å². The van der Waals surface area contributed by atoms with E-state index in [0.29, 0.717) is 0 Å². The molecule has 0 aliphatic carbocycles. The van der Waals surface area contributed by atoms with Gasteiger partial charge in [-0.3, -0.25) is 9.59 Å². The zero-order valence-corrected chi connectivity index (χ0v) is 4.76. The van der Waals surface area contributed by atoms with Crippen molar-refractivity contribution in [1.29, 1.82) is 0 Å². The normalized spacial score (nSPS) is 10.6. The van der Waals surface area contributed by atoms with Crippen molar-refractivity contribution in [2.75, 3.05) is 0 Å². The van der Waals surface area contributed by atoms with Crippen molar-refractivity contribution >= 4 is 11.6 Å². The summed E-state index contributed by atoms with van der Waals surface area (Å²) in [6.45, 7) is 0. The second-order valence-corrected chi connectivity index (χ2v) is 1.48. The Hall–Kier alpha value is -0.820. The second-order valence-electron chi connectivity index (χ2n) is 1.48. The van der Waals surface area contributed by atoms with Gasteiger partial charge in [0.2, 0.25) is 12.6 Å². The molecule has 0 radical (unpaired) electrons. The maximum absolute atomic E-state index is 10.1. The number of aliphatic hydroxyl groups is 4. The van der Waals surface area contributed by atoms with Crippen molar-refractivity contribution in [3.8, 4) is 0 Å². The molecule has 0 aliphatic rings. The summed E-state index contributed by atoms with van der Waals surface area (Å²) in [5.74, 6) is -3.29. The minimum Gasteiger partial charge on any atom is -0.362 e. The first-order valence-corrected chi connectivity index (χ1v) is 2.27. The molecule has 0 bridgehead atoms. The molecule has 0 rings (SSSR count). The number of aliphatic hydroxyl groups excluding tert-OH is 2. The highest BCUT2D eigenvalue weighted by atomic mass is 16.5. The van der Waals surface area contributed by atoms with Gasteiger partial charge >= 0.3 is 0 Å². The number of hydrogen-bond donors (Lipinski definition) is 4. The summed E-state index contributed by atoms with van der Waals surface area (Å²) < 4.78 is 0. The number of carbonyl (C=O) groups is 2. The van der Waals surface area contributed by atoms with Gasteiger partial charge in [0.1, 0.15) is 0 Å². The molecule has 0 aliphatic heterocycles. The average molecular weight is 150 g/mol. The second kappa shape index (κ2) is 3.37. The molecular weight excluding hydrogens is 144 g/mol. The fourth-order valence-electron chi connectivity index (χ4n) is 0.254. The van der Waals surface area contributed by atoms with Crippen molar-refractivity contribution in [2.24, 2.45) is 0 Å². The van der Waals surface area contributed by atoms with Crippen LogP contribution in [0.1, 0.15) is 0 Å². The lowest BCUT2D eigenvalue weighted by atomic mass is 10.2. The van der Waals surface area contributed by atoms with Crippen LogP contribution in [0.2, 0.25) is 0 Å². The van der Waals surface area contributed by atoms with Crippen LogP contribution in [0.3, 0.4) is 0 Å². The Morgan fingerprint density at radius 2 is 1.00 bits per heavy atom. The molecule has 0 saturated carbocycles. The lowest BCUT2D eigenvalue weighted by Crippen LogP contribution is -2.35. The van der Waals surface area contributed by atoms with E-state index in [9.17, 15) is 9.59 Å². The monoisotopic (exact) mass is 150 g/mol. The third-order valence-electron chi connectivity index (χ3n) is 0.712. The fourth-order valence-corrected chi connectivity index (χ4v) is 0.254. The van der Waals surface area contributed by atoms with Crippen LogP contribution in [0.4, 0.5) is 0 Å². The van der Waals surface area contributed by atoms with Crippen LogP contribution in [0.5, 0.6) is 0 Å². The molecule has 0 spiro atoms. The maximum Gasteiger partial charge on any atom is 0.259 e. The van der Waals surface area contributed by atoms with E-state index < -0.39 is 24.1 Å². The summed E-state index contributed by atoms with van der Waals surface area (Å²) in [6.07, 6.45) is -4.96. The molecule has 4 N–H and O–H groups in total. The van der Waals surface area contributed by atoms with Crippen LogP contribution in [0.25, 0.3) is 0 Å². The van der Waals surface area contributed by atoms with E-state index in [-0.39, 0.29) is 0 Å². The summed E-state index contributed by atoms with van der Waals surface area (Å²) in [5.41, 5.74) is 0. The average Bonchev–Trinajstić information content (AvgIpc) is 1.84. The molecule has 0 aromatic carbocycles. The minimum absolute atomic E-state index is 1.64. The third kappa shape index (κ3) is 2.19. The van der Waals surface area contributed by atoms with Gasteiger partial charge in [0.05, 0.1) is 0 Å². The molecule has 10 heavy (non-hydrogen) atoms. The Morgan fingerprint density at radius 1 is 0.800 bits per heavy atom. The van der Waals surface area contributed by atoms with Gasteiger partial charge < -0.3 is 20.4 Å². The van der Waals surface area contributed by atoms with Crippen LogP contribution in [0.15, 0.2) is 0 Å². The minimum atomic E-state index is -2.48. The quantitative estimate of drug-likeness (QED) is 0.248. The van der Waals surface area contributed by atoms with Crippen LogP contribution < -0.4 is 0 Å². The van der Waals surface area contributed by atoms with E-state index in [1.165, 1.54) is 0 Å². The lowest BCUT2D eigenvalue weighted by molar-refractivity contribution is -0.165. The molecule has 0 amide bonds. The third-order valence-corrected chi connectivity index (χ3v) is 0.712. The van der Waals surface area contributed by atoms with E-state index in [1.54, 1.807) is 0 Å². The van der Waals surface area contributed by atoms with E-state index in [2.05, 4.69) is 0 Å². The van der Waals surface area contributed by atoms with Gasteiger partial charge in [0.25, 0.3) is 11.6 Å². The molecule has 6 heteroatoms. The standard InChI is InChI=1S/C4H6O6/c5-1(3(7)8)2(6)4(9)10/h3-4,7-10H. The molecule has 0 atom stereocenters. The van der Waals surface area contributed by atoms with Crippen molar-refractivity contribution in [3.05, 3.63) is 0 Å². The molecular formula is C4H6O6. The van der Waals surface area contributed by atoms with Crippen LogP contribution in [-0.2, 0) is 9.59 Å². The topological polar surface area (TPSA) is 115 Å². The molecule has 0 heterocycles. The Bertz CT molecular complexity index is 130. The van der Waals surface area contributed by atoms with Crippen molar-refractivity contribution in [1.82, 2.24) is 0 Å². The van der Waals surface area contributed by atoms with Crippen LogP contribution >= 0.6 is 0 Å². The van der Waals surface area contributed by atoms with Crippen LogP contribution in [-0.4, -0.2) is 44.6 Å². The molecule has 0 aromatic rings. The Morgan fingerprint density at radius 3 is 1.10 bits per heavy atom. The highest BCUT2D eigenvalue weighted by Crippen LogP contribution is 1.86. The predicted molar refractivity (Wildman–Crippen MR) is 26.5 cm³/mol. The number of carbonyl (C=O) groups excluding carboxylic acids is 2. The summed E-state index contributed by atoms with van der Waals surface area (Å²) in [5, 5.41) is 32.0. The molecule has 0 aromatic heterocycles. The number of rotatable bonds is 3. The van der Waals surface area contributed by atoms with Gasteiger partial charge in [-0.15, -0.1) is 0 Å².